The van der Waals surface area contributed by atoms with Gasteiger partial charge in [-0.25, -0.2) is 9.78 Å². The van der Waals surface area contributed by atoms with E-state index < -0.39 is 5.97 Å². The SMILES string of the molecule is N#Cc1ccc2c(c1)OCc1c(C(=O)O)ncn1-2. The maximum absolute atomic E-state index is 11.0. The summed E-state index contributed by atoms with van der Waals surface area (Å²) in [5.74, 6) is -0.527. The second-order valence-electron chi connectivity index (χ2n) is 3.80. The van der Waals surface area contributed by atoms with Gasteiger partial charge < -0.3 is 9.84 Å². The molecule has 1 aromatic carbocycles. The minimum Gasteiger partial charge on any atom is -0.485 e. The Labute approximate surface area is 102 Å². The van der Waals surface area contributed by atoms with Crippen LogP contribution in [0.2, 0.25) is 0 Å². The minimum absolute atomic E-state index is 0.00925. The minimum atomic E-state index is -1.08. The number of hydrogen-bond donors (Lipinski definition) is 1. The van der Waals surface area contributed by atoms with E-state index in [1.807, 2.05) is 6.07 Å². The van der Waals surface area contributed by atoms with Crippen molar-refractivity contribution in [2.24, 2.45) is 0 Å². The zero-order chi connectivity index (χ0) is 12.7. The van der Waals surface area contributed by atoms with Crippen molar-refractivity contribution in [1.82, 2.24) is 9.55 Å². The zero-order valence-corrected chi connectivity index (χ0v) is 9.12. The molecule has 0 bridgehead atoms. The van der Waals surface area contributed by atoms with Gasteiger partial charge in [-0.05, 0) is 12.1 Å². The van der Waals surface area contributed by atoms with Crippen molar-refractivity contribution in [3.63, 3.8) is 0 Å². The van der Waals surface area contributed by atoms with Crippen LogP contribution in [0.4, 0.5) is 0 Å². The molecule has 18 heavy (non-hydrogen) atoms. The number of hydrogen-bond acceptors (Lipinski definition) is 4. The number of fused-ring (bicyclic) bond motifs is 3. The number of carboxylic acids is 1. The first-order valence-electron chi connectivity index (χ1n) is 5.17. The van der Waals surface area contributed by atoms with E-state index in [2.05, 4.69) is 4.98 Å². The molecule has 88 valence electrons. The van der Waals surface area contributed by atoms with Gasteiger partial charge in [0.2, 0.25) is 0 Å². The molecule has 3 rings (SSSR count). The molecule has 2 aromatic rings. The van der Waals surface area contributed by atoms with Gasteiger partial charge in [-0.1, -0.05) is 0 Å². The van der Waals surface area contributed by atoms with Crippen LogP contribution in [0.25, 0.3) is 5.69 Å². The van der Waals surface area contributed by atoms with Crippen molar-refractivity contribution >= 4 is 5.97 Å². The molecule has 0 atom stereocenters. The van der Waals surface area contributed by atoms with Gasteiger partial charge in [0.25, 0.3) is 0 Å². The van der Waals surface area contributed by atoms with Gasteiger partial charge in [-0.15, -0.1) is 0 Å². The predicted molar refractivity (Wildman–Crippen MR) is 59.6 cm³/mol. The van der Waals surface area contributed by atoms with Gasteiger partial charge in [-0.3, -0.25) is 4.57 Å². The molecule has 6 heteroatoms. The molecule has 0 aliphatic carbocycles. The molecule has 0 spiro atoms. The number of carbonyl (C=O) groups is 1. The van der Waals surface area contributed by atoms with Crippen molar-refractivity contribution in [2.75, 3.05) is 0 Å². The topological polar surface area (TPSA) is 88.1 Å². The second kappa shape index (κ2) is 3.60. The average molecular weight is 241 g/mol. The quantitative estimate of drug-likeness (QED) is 0.813. The van der Waals surface area contributed by atoms with Crippen LogP contribution in [0.15, 0.2) is 24.5 Å². The molecular weight excluding hydrogens is 234 g/mol. The van der Waals surface area contributed by atoms with Crippen LogP contribution < -0.4 is 4.74 Å². The third kappa shape index (κ3) is 1.34. The molecular formula is C12H7N3O3. The van der Waals surface area contributed by atoms with E-state index in [1.165, 1.54) is 6.33 Å². The fourth-order valence-corrected chi connectivity index (χ4v) is 1.94. The smallest absolute Gasteiger partial charge is 0.356 e. The van der Waals surface area contributed by atoms with Crippen LogP contribution in [-0.2, 0) is 6.61 Å². The number of imidazole rings is 1. The van der Waals surface area contributed by atoms with Gasteiger partial charge in [0.05, 0.1) is 23.0 Å². The van der Waals surface area contributed by atoms with E-state index in [0.29, 0.717) is 22.7 Å². The summed E-state index contributed by atoms with van der Waals surface area (Å²) in [5.41, 5.74) is 1.68. The van der Waals surface area contributed by atoms with Crippen molar-refractivity contribution < 1.29 is 14.6 Å². The highest BCUT2D eigenvalue weighted by Crippen LogP contribution is 2.31. The Kier molecular flexibility index (Phi) is 2.07. The number of ether oxygens (including phenoxy) is 1. The highest BCUT2D eigenvalue weighted by atomic mass is 16.5. The highest BCUT2D eigenvalue weighted by molar-refractivity contribution is 5.87. The number of aromatic nitrogens is 2. The van der Waals surface area contributed by atoms with E-state index in [-0.39, 0.29) is 12.3 Å². The average Bonchev–Trinajstić information content (AvgIpc) is 2.82. The van der Waals surface area contributed by atoms with Crippen molar-refractivity contribution in [1.29, 1.82) is 5.26 Å². The summed E-state index contributed by atoms with van der Waals surface area (Å²) < 4.78 is 7.14. The molecule has 1 aliphatic rings. The van der Waals surface area contributed by atoms with Crippen LogP contribution in [0.1, 0.15) is 21.7 Å². The van der Waals surface area contributed by atoms with E-state index in [9.17, 15) is 4.79 Å². The molecule has 0 fully saturated rings. The lowest BCUT2D eigenvalue weighted by Gasteiger charge is -2.20. The summed E-state index contributed by atoms with van der Waals surface area (Å²) in [6, 6.07) is 7.01. The molecule has 0 saturated heterocycles. The first-order valence-corrected chi connectivity index (χ1v) is 5.17. The fourth-order valence-electron chi connectivity index (χ4n) is 1.94. The molecule has 6 nitrogen and oxygen atoms in total. The predicted octanol–water partition coefficient (Wildman–Crippen LogP) is 1.33. The number of carboxylic acid groups (broad SMARTS) is 1. The van der Waals surface area contributed by atoms with E-state index in [4.69, 9.17) is 15.1 Å². The van der Waals surface area contributed by atoms with Crippen LogP contribution in [0.5, 0.6) is 5.75 Å². The Morgan fingerprint density at radius 2 is 2.39 bits per heavy atom. The summed E-state index contributed by atoms with van der Waals surface area (Å²) in [5, 5.41) is 17.8. The van der Waals surface area contributed by atoms with Gasteiger partial charge >= 0.3 is 5.97 Å². The Morgan fingerprint density at radius 3 is 3.11 bits per heavy atom. The largest absolute Gasteiger partial charge is 0.485 e. The molecule has 1 N–H and O–H groups in total. The molecule has 1 aromatic heterocycles. The lowest BCUT2D eigenvalue weighted by atomic mass is 10.1. The van der Waals surface area contributed by atoms with Crippen LogP contribution in [0, 0.1) is 11.3 Å². The van der Waals surface area contributed by atoms with Crippen LogP contribution in [-0.4, -0.2) is 20.6 Å². The number of aromatic carboxylic acids is 1. The molecule has 1 aliphatic heterocycles. The number of benzene rings is 1. The lowest BCUT2D eigenvalue weighted by molar-refractivity contribution is 0.0687. The first kappa shape index (κ1) is 10.4. The summed E-state index contributed by atoms with van der Waals surface area (Å²) in [6.45, 7) is 0.128. The van der Waals surface area contributed by atoms with Crippen molar-refractivity contribution in [3.8, 4) is 17.5 Å². The second-order valence-corrected chi connectivity index (χ2v) is 3.80. The van der Waals surface area contributed by atoms with E-state index in [0.717, 1.165) is 0 Å². The van der Waals surface area contributed by atoms with E-state index >= 15 is 0 Å². The molecule has 0 unspecified atom stereocenters. The molecule has 0 radical (unpaired) electrons. The maximum Gasteiger partial charge on any atom is 0.356 e. The summed E-state index contributed by atoms with van der Waals surface area (Å²) in [4.78, 5) is 14.8. The van der Waals surface area contributed by atoms with Gasteiger partial charge in [-0.2, -0.15) is 5.26 Å². The standard InChI is InChI=1S/C12H7N3O3/c13-4-7-1-2-8-10(3-7)18-5-9-11(12(16)17)14-6-15(8)9/h1-3,6H,5H2,(H,16,17). The molecule has 0 saturated carbocycles. The first-order chi connectivity index (χ1) is 8.70. The zero-order valence-electron chi connectivity index (χ0n) is 9.12. The molecule has 0 amide bonds. The third-order valence-corrected chi connectivity index (χ3v) is 2.78. The van der Waals surface area contributed by atoms with Crippen LogP contribution >= 0.6 is 0 Å². The monoisotopic (exact) mass is 241 g/mol. The maximum atomic E-state index is 11.0. The Hall–Kier alpha value is -2.81. The van der Waals surface area contributed by atoms with Gasteiger partial charge in [0, 0.05) is 6.07 Å². The summed E-state index contributed by atoms with van der Waals surface area (Å²) in [7, 11) is 0. The Morgan fingerprint density at radius 1 is 1.56 bits per heavy atom. The number of nitrogens with zero attached hydrogens (tertiary/aromatic N) is 3. The normalized spacial score (nSPS) is 11.9. The number of nitriles is 1. The lowest BCUT2D eigenvalue weighted by Crippen LogP contribution is -2.15. The van der Waals surface area contributed by atoms with Crippen molar-refractivity contribution in [2.45, 2.75) is 6.61 Å². The molecule has 2 heterocycles. The number of rotatable bonds is 1. The van der Waals surface area contributed by atoms with Gasteiger partial charge in [0.15, 0.2) is 5.69 Å². The summed E-state index contributed by atoms with van der Waals surface area (Å²) in [6.07, 6.45) is 1.45. The third-order valence-electron chi connectivity index (χ3n) is 2.78. The van der Waals surface area contributed by atoms with Crippen molar-refractivity contribution in [3.05, 3.63) is 41.5 Å². The Bertz CT molecular complexity index is 697. The van der Waals surface area contributed by atoms with E-state index in [1.54, 1.807) is 22.8 Å². The summed E-state index contributed by atoms with van der Waals surface area (Å²) >= 11 is 0. The van der Waals surface area contributed by atoms with Crippen LogP contribution in [0.3, 0.4) is 0 Å². The highest BCUT2D eigenvalue weighted by Gasteiger charge is 2.24. The fraction of sp³-hybridized carbons (Fsp3) is 0.0833. The van der Waals surface area contributed by atoms with Gasteiger partial charge in [0.1, 0.15) is 18.7 Å². The Balaban J connectivity index is 2.19.